The lowest BCUT2D eigenvalue weighted by molar-refractivity contribution is 0.0998. The number of hydrogen-bond donors (Lipinski definition) is 1. The van der Waals surface area contributed by atoms with E-state index >= 15 is 0 Å². The smallest absolute Gasteiger partial charge is 0.291 e. The molecule has 0 aliphatic heterocycles. The Kier molecular flexibility index (Phi) is 3.83. The Morgan fingerprint density at radius 1 is 1.18 bits per heavy atom. The summed E-state index contributed by atoms with van der Waals surface area (Å²) < 4.78 is 11.2. The summed E-state index contributed by atoms with van der Waals surface area (Å²) in [6.45, 7) is 4.41. The van der Waals surface area contributed by atoms with Crippen molar-refractivity contribution in [1.29, 1.82) is 0 Å². The molecule has 1 aromatic heterocycles. The van der Waals surface area contributed by atoms with E-state index in [-0.39, 0.29) is 5.91 Å². The molecule has 1 N–H and O–H groups in total. The highest BCUT2D eigenvalue weighted by Crippen LogP contribution is 2.29. The van der Waals surface area contributed by atoms with Crippen LogP contribution in [-0.2, 0) is 0 Å². The van der Waals surface area contributed by atoms with Gasteiger partial charge in [0.05, 0.1) is 6.61 Å². The number of amides is 1. The zero-order valence-electron chi connectivity index (χ0n) is 12.6. The lowest BCUT2D eigenvalue weighted by Crippen LogP contribution is -2.11. The maximum absolute atomic E-state index is 12.4. The third kappa shape index (κ3) is 2.68. The van der Waals surface area contributed by atoms with Crippen molar-refractivity contribution in [2.45, 2.75) is 13.8 Å². The summed E-state index contributed by atoms with van der Waals surface area (Å²) in [5.41, 5.74) is 2.23. The van der Waals surface area contributed by atoms with Crippen LogP contribution in [0, 0.1) is 6.92 Å². The summed E-state index contributed by atoms with van der Waals surface area (Å²) >= 11 is 0. The number of furan rings is 1. The molecule has 1 heterocycles. The number of aryl methyl sites for hydroxylation is 1. The predicted octanol–water partition coefficient (Wildman–Crippen LogP) is 4.39. The number of anilines is 1. The molecule has 2 aromatic carbocycles. The first kappa shape index (κ1) is 14.2. The molecule has 1 amide bonds. The number of carbonyl (C=O) groups is 1. The van der Waals surface area contributed by atoms with E-state index in [0.717, 1.165) is 22.4 Å². The van der Waals surface area contributed by atoms with Gasteiger partial charge in [0.2, 0.25) is 0 Å². The van der Waals surface area contributed by atoms with Crippen molar-refractivity contribution in [1.82, 2.24) is 0 Å². The Bertz CT molecular complexity index is 806. The average molecular weight is 295 g/mol. The second-order valence-corrected chi connectivity index (χ2v) is 4.97. The van der Waals surface area contributed by atoms with Gasteiger partial charge >= 0.3 is 0 Å². The number of ether oxygens (including phenoxy) is 1. The molecule has 0 aliphatic carbocycles. The van der Waals surface area contributed by atoms with Crippen molar-refractivity contribution in [3.05, 3.63) is 59.9 Å². The first-order valence-electron chi connectivity index (χ1n) is 7.21. The average Bonchev–Trinajstić information content (AvgIpc) is 2.86. The van der Waals surface area contributed by atoms with E-state index < -0.39 is 0 Å². The molecule has 0 saturated heterocycles. The molecule has 4 heteroatoms. The van der Waals surface area contributed by atoms with Gasteiger partial charge < -0.3 is 14.5 Å². The summed E-state index contributed by atoms with van der Waals surface area (Å²) in [4.78, 5) is 12.4. The minimum absolute atomic E-state index is 0.252. The number of hydrogen-bond acceptors (Lipinski definition) is 3. The van der Waals surface area contributed by atoms with Crippen molar-refractivity contribution in [3.63, 3.8) is 0 Å². The van der Waals surface area contributed by atoms with Gasteiger partial charge in [-0.2, -0.15) is 0 Å². The summed E-state index contributed by atoms with van der Waals surface area (Å²) in [5.74, 6) is 0.847. The van der Waals surface area contributed by atoms with E-state index in [4.69, 9.17) is 9.15 Å². The molecule has 0 radical (unpaired) electrons. The van der Waals surface area contributed by atoms with Gasteiger partial charge in [-0.15, -0.1) is 0 Å². The Labute approximate surface area is 128 Å². The Hall–Kier alpha value is -2.75. The van der Waals surface area contributed by atoms with E-state index in [0.29, 0.717) is 18.0 Å². The van der Waals surface area contributed by atoms with Crippen LogP contribution < -0.4 is 10.1 Å². The molecule has 0 fully saturated rings. The van der Waals surface area contributed by atoms with Crippen LogP contribution >= 0.6 is 0 Å². The SMILES string of the molecule is CCOc1ccc2oc(C(=O)Nc3ccccc3)c(C)c2c1. The van der Waals surface area contributed by atoms with E-state index in [1.807, 2.05) is 62.4 Å². The van der Waals surface area contributed by atoms with Crippen LogP contribution in [0.1, 0.15) is 23.0 Å². The van der Waals surface area contributed by atoms with Crippen LogP contribution in [0.3, 0.4) is 0 Å². The monoisotopic (exact) mass is 295 g/mol. The second-order valence-electron chi connectivity index (χ2n) is 4.97. The van der Waals surface area contributed by atoms with Gasteiger partial charge in [-0.25, -0.2) is 0 Å². The van der Waals surface area contributed by atoms with Crippen LogP contribution in [0.25, 0.3) is 11.0 Å². The maximum atomic E-state index is 12.4. The first-order valence-corrected chi connectivity index (χ1v) is 7.21. The number of benzene rings is 2. The standard InChI is InChI=1S/C18H17NO3/c1-3-21-14-9-10-16-15(11-14)12(2)17(22-16)18(20)19-13-7-5-4-6-8-13/h4-11H,3H2,1-2H3,(H,19,20). The lowest BCUT2D eigenvalue weighted by atomic mass is 10.1. The number of rotatable bonds is 4. The highest BCUT2D eigenvalue weighted by molar-refractivity contribution is 6.06. The van der Waals surface area contributed by atoms with Crippen molar-refractivity contribution in [2.24, 2.45) is 0 Å². The number of carbonyl (C=O) groups excluding carboxylic acids is 1. The molecule has 0 saturated carbocycles. The first-order chi connectivity index (χ1) is 10.7. The molecule has 0 atom stereocenters. The van der Waals surface area contributed by atoms with Gasteiger partial charge in [0, 0.05) is 16.6 Å². The lowest BCUT2D eigenvalue weighted by Gasteiger charge is -2.03. The van der Waals surface area contributed by atoms with Gasteiger partial charge in [-0.3, -0.25) is 4.79 Å². The van der Waals surface area contributed by atoms with Crippen molar-refractivity contribution in [2.75, 3.05) is 11.9 Å². The van der Waals surface area contributed by atoms with Crippen LogP contribution in [0.2, 0.25) is 0 Å². The van der Waals surface area contributed by atoms with Gasteiger partial charge in [0.25, 0.3) is 5.91 Å². The van der Waals surface area contributed by atoms with Crippen molar-refractivity contribution >= 4 is 22.6 Å². The van der Waals surface area contributed by atoms with Crippen LogP contribution in [0.5, 0.6) is 5.75 Å². The van der Waals surface area contributed by atoms with Gasteiger partial charge in [-0.05, 0) is 44.2 Å². The summed E-state index contributed by atoms with van der Waals surface area (Å²) in [6.07, 6.45) is 0. The molecule has 0 spiro atoms. The van der Waals surface area contributed by atoms with Crippen LogP contribution in [-0.4, -0.2) is 12.5 Å². The van der Waals surface area contributed by atoms with Gasteiger partial charge in [0.15, 0.2) is 5.76 Å². The van der Waals surface area contributed by atoms with E-state index in [2.05, 4.69) is 5.32 Å². The molecule has 0 bridgehead atoms. The molecule has 22 heavy (non-hydrogen) atoms. The highest BCUT2D eigenvalue weighted by atomic mass is 16.5. The maximum Gasteiger partial charge on any atom is 0.291 e. The zero-order valence-corrected chi connectivity index (χ0v) is 12.6. The fourth-order valence-corrected chi connectivity index (χ4v) is 2.38. The summed E-state index contributed by atoms with van der Waals surface area (Å²) in [6, 6.07) is 14.9. The molecule has 3 rings (SSSR count). The minimum Gasteiger partial charge on any atom is -0.494 e. The molecule has 3 aromatic rings. The van der Waals surface area contributed by atoms with Gasteiger partial charge in [-0.1, -0.05) is 18.2 Å². The molecular weight excluding hydrogens is 278 g/mol. The molecule has 4 nitrogen and oxygen atoms in total. The fourth-order valence-electron chi connectivity index (χ4n) is 2.38. The highest BCUT2D eigenvalue weighted by Gasteiger charge is 2.18. The number of fused-ring (bicyclic) bond motifs is 1. The van der Waals surface area contributed by atoms with E-state index in [1.54, 1.807) is 0 Å². The molecule has 112 valence electrons. The zero-order chi connectivity index (χ0) is 15.5. The quantitative estimate of drug-likeness (QED) is 0.776. The second kappa shape index (κ2) is 5.93. The van der Waals surface area contributed by atoms with Crippen LogP contribution in [0.4, 0.5) is 5.69 Å². The molecule has 0 unspecified atom stereocenters. The van der Waals surface area contributed by atoms with Crippen molar-refractivity contribution < 1.29 is 13.9 Å². The third-order valence-electron chi connectivity index (χ3n) is 3.46. The van der Waals surface area contributed by atoms with Gasteiger partial charge in [0.1, 0.15) is 11.3 Å². The largest absolute Gasteiger partial charge is 0.494 e. The van der Waals surface area contributed by atoms with Crippen LogP contribution in [0.15, 0.2) is 52.9 Å². The topological polar surface area (TPSA) is 51.5 Å². The Balaban J connectivity index is 1.93. The number of para-hydroxylation sites is 1. The summed E-state index contributed by atoms with van der Waals surface area (Å²) in [7, 11) is 0. The van der Waals surface area contributed by atoms with E-state index in [9.17, 15) is 4.79 Å². The fraction of sp³-hybridized carbons (Fsp3) is 0.167. The molecule has 0 aliphatic rings. The Morgan fingerprint density at radius 3 is 2.68 bits per heavy atom. The van der Waals surface area contributed by atoms with E-state index in [1.165, 1.54) is 0 Å². The third-order valence-corrected chi connectivity index (χ3v) is 3.46. The summed E-state index contributed by atoms with van der Waals surface area (Å²) in [5, 5.41) is 3.73. The normalized spacial score (nSPS) is 10.6. The molecular formula is C18H17NO3. The number of nitrogens with one attached hydrogen (secondary N) is 1. The van der Waals surface area contributed by atoms with Crippen molar-refractivity contribution in [3.8, 4) is 5.75 Å². The minimum atomic E-state index is -0.252. The Morgan fingerprint density at radius 2 is 1.95 bits per heavy atom. The predicted molar refractivity (Wildman–Crippen MR) is 86.5 cm³/mol.